The van der Waals surface area contributed by atoms with Gasteiger partial charge in [0.1, 0.15) is 11.8 Å². The molecule has 0 aliphatic rings. The average molecular weight is 436 g/mol. The Morgan fingerprint density at radius 3 is 2.34 bits per heavy atom. The maximum atomic E-state index is 12.5. The average Bonchev–Trinajstić information content (AvgIpc) is 2.69. The van der Waals surface area contributed by atoms with Gasteiger partial charge in [-0.2, -0.15) is 5.10 Å². The van der Waals surface area contributed by atoms with E-state index >= 15 is 0 Å². The molecule has 0 saturated carbocycles. The molecule has 0 heterocycles. The highest BCUT2D eigenvalue weighted by atomic mass is 32.2. The molecule has 1 N–H and O–H groups in total. The first-order chi connectivity index (χ1) is 13.8. The molecule has 0 aliphatic heterocycles. The van der Waals surface area contributed by atoms with E-state index in [0.717, 1.165) is 21.0 Å². The van der Waals surface area contributed by atoms with Gasteiger partial charge in [0.15, 0.2) is 0 Å². The van der Waals surface area contributed by atoms with Gasteiger partial charge in [0.25, 0.3) is 5.91 Å². The predicted molar refractivity (Wildman–Crippen MR) is 118 cm³/mol. The monoisotopic (exact) mass is 435 g/mol. The van der Waals surface area contributed by atoms with E-state index < -0.39 is 22.0 Å². The van der Waals surface area contributed by atoms with Crippen molar-refractivity contribution >= 4 is 39.6 Å². The molecule has 0 saturated heterocycles. The smallest absolute Gasteiger partial charge is 0.263 e. The molecule has 29 heavy (non-hydrogen) atoms. The molecular formula is C20H25N3O4S2. The van der Waals surface area contributed by atoms with Crippen LogP contribution in [0.3, 0.4) is 0 Å². The fourth-order valence-corrected chi connectivity index (χ4v) is 4.20. The lowest BCUT2D eigenvalue weighted by Gasteiger charge is -2.27. The summed E-state index contributed by atoms with van der Waals surface area (Å²) in [6.07, 6.45) is 4.56. The number of carbonyl (C=O) groups excluding carboxylic acids is 1. The van der Waals surface area contributed by atoms with Crippen molar-refractivity contribution in [2.24, 2.45) is 5.10 Å². The molecule has 2 rings (SSSR count). The molecule has 1 amide bonds. The van der Waals surface area contributed by atoms with E-state index in [2.05, 4.69) is 10.5 Å². The number of ether oxygens (including phenoxy) is 1. The molecule has 156 valence electrons. The predicted octanol–water partition coefficient (Wildman–Crippen LogP) is 3.11. The number of hydrogen-bond acceptors (Lipinski definition) is 6. The van der Waals surface area contributed by atoms with Crippen molar-refractivity contribution in [1.29, 1.82) is 0 Å². The molecule has 2 aromatic rings. The quantitative estimate of drug-likeness (QED) is 0.371. The summed E-state index contributed by atoms with van der Waals surface area (Å²) in [6, 6.07) is 13.2. The van der Waals surface area contributed by atoms with Crippen LogP contribution in [-0.2, 0) is 14.8 Å². The molecule has 0 bridgehead atoms. The van der Waals surface area contributed by atoms with Crippen LogP contribution in [0.1, 0.15) is 19.4 Å². The maximum absolute atomic E-state index is 12.5. The molecule has 7 nitrogen and oxygen atoms in total. The lowest BCUT2D eigenvalue weighted by molar-refractivity contribution is -0.121. The zero-order valence-corrected chi connectivity index (χ0v) is 18.5. The summed E-state index contributed by atoms with van der Waals surface area (Å²) in [6.45, 7) is 3.88. The number of carbonyl (C=O) groups is 1. The molecule has 0 aliphatic carbocycles. The fourth-order valence-electron chi connectivity index (χ4n) is 2.62. The van der Waals surface area contributed by atoms with Crippen LogP contribution in [0.5, 0.6) is 5.75 Å². The van der Waals surface area contributed by atoms with Crippen LogP contribution >= 0.6 is 11.8 Å². The second-order valence-corrected chi connectivity index (χ2v) is 8.91. The minimum atomic E-state index is -3.69. The number of thioether (sulfide) groups is 1. The van der Waals surface area contributed by atoms with Gasteiger partial charge in [0, 0.05) is 4.90 Å². The first kappa shape index (κ1) is 22.8. The van der Waals surface area contributed by atoms with Crippen LogP contribution in [0.4, 0.5) is 5.69 Å². The van der Waals surface area contributed by atoms with E-state index in [1.807, 2.05) is 37.4 Å². The largest absolute Gasteiger partial charge is 0.494 e. The standard InChI is InChI=1S/C20H25N3O4S2/c1-5-27-18-10-8-17(9-11-18)23(29(4,25)26)15(2)20(24)22-21-14-16-6-12-19(28-3)13-7-16/h6-15H,5H2,1-4H3,(H,22,24)/b21-14-/t15-/m0/s1. The van der Waals surface area contributed by atoms with Crippen molar-refractivity contribution in [3.8, 4) is 5.75 Å². The lowest BCUT2D eigenvalue weighted by atomic mass is 10.2. The highest BCUT2D eigenvalue weighted by molar-refractivity contribution is 7.98. The Labute approximate surface area is 176 Å². The molecule has 0 spiro atoms. The van der Waals surface area contributed by atoms with Crippen molar-refractivity contribution in [3.05, 3.63) is 54.1 Å². The summed E-state index contributed by atoms with van der Waals surface area (Å²) >= 11 is 1.63. The normalized spacial score (nSPS) is 12.6. The Balaban J connectivity index is 2.12. The van der Waals surface area contributed by atoms with Gasteiger partial charge < -0.3 is 4.74 Å². The van der Waals surface area contributed by atoms with Crippen LogP contribution in [0.15, 0.2) is 58.5 Å². The van der Waals surface area contributed by atoms with Gasteiger partial charge in [0.2, 0.25) is 10.0 Å². The van der Waals surface area contributed by atoms with Gasteiger partial charge in [0.05, 0.1) is 24.8 Å². The molecule has 1 atom stereocenters. The highest BCUT2D eigenvalue weighted by Gasteiger charge is 2.29. The molecule has 0 radical (unpaired) electrons. The van der Waals surface area contributed by atoms with Gasteiger partial charge in [-0.1, -0.05) is 12.1 Å². The van der Waals surface area contributed by atoms with E-state index in [0.29, 0.717) is 18.0 Å². The van der Waals surface area contributed by atoms with Gasteiger partial charge in [-0.15, -0.1) is 11.8 Å². The first-order valence-electron chi connectivity index (χ1n) is 8.95. The zero-order chi connectivity index (χ0) is 21.4. The number of hydrogen-bond donors (Lipinski definition) is 1. The Bertz CT molecular complexity index is 943. The summed E-state index contributed by atoms with van der Waals surface area (Å²) in [5.74, 6) is 0.0835. The van der Waals surface area contributed by atoms with Gasteiger partial charge in [-0.25, -0.2) is 13.8 Å². The maximum Gasteiger partial charge on any atom is 0.263 e. The number of sulfonamides is 1. The van der Waals surface area contributed by atoms with Gasteiger partial charge in [-0.05, 0) is 62.1 Å². The van der Waals surface area contributed by atoms with Crippen molar-refractivity contribution in [3.63, 3.8) is 0 Å². The lowest BCUT2D eigenvalue weighted by Crippen LogP contribution is -2.46. The van der Waals surface area contributed by atoms with E-state index in [1.165, 1.54) is 13.1 Å². The zero-order valence-electron chi connectivity index (χ0n) is 16.8. The van der Waals surface area contributed by atoms with Crippen molar-refractivity contribution < 1.29 is 17.9 Å². The van der Waals surface area contributed by atoms with Crippen molar-refractivity contribution in [1.82, 2.24) is 5.43 Å². The second-order valence-electron chi connectivity index (χ2n) is 6.17. The molecule has 0 fully saturated rings. The number of nitrogens with one attached hydrogen (secondary N) is 1. The molecule has 0 unspecified atom stereocenters. The summed E-state index contributed by atoms with van der Waals surface area (Å²) in [4.78, 5) is 13.6. The number of benzene rings is 2. The number of rotatable bonds is 9. The van der Waals surface area contributed by atoms with E-state index in [1.54, 1.807) is 36.0 Å². The molecule has 9 heteroatoms. The van der Waals surface area contributed by atoms with E-state index in [-0.39, 0.29) is 0 Å². The third-order valence-corrected chi connectivity index (χ3v) is 5.98. The second kappa shape index (κ2) is 10.3. The van der Waals surface area contributed by atoms with Gasteiger partial charge >= 0.3 is 0 Å². The Morgan fingerprint density at radius 1 is 1.21 bits per heavy atom. The Kier molecular flexibility index (Phi) is 8.10. The van der Waals surface area contributed by atoms with Crippen molar-refractivity contribution in [2.45, 2.75) is 24.8 Å². The number of hydrazone groups is 1. The Hall–Kier alpha value is -2.52. The van der Waals surface area contributed by atoms with Crippen molar-refractivity contribution in [2.75, 3.05) is 23.4 Å². The summed E-state index contributed by atoms with van der Waals surface area (Å²) in [5, 5.41) is 3.94. The minimum absolute atomic E-state index is 0.371. The third kappa shape index (κ3) is 6.50. The number of nitrogens with zero attached hydrogens (tertiary/aromatic N) is 2. The fraction of sp³-hybridized carbons (Fsp3) is 0.300. The van der Waals surface area contributed by atoms with Gasteiger partial charge in [-0.3, -0.25) is 9.10 Å². The molecule has 0 aromatic heterocycles. The third-order valence-electron chi connectivity index (χ3n) is 3.99. The highest BCUT2D eigenvalue weighted by Crippen LogP contribution is 2.24. The molecular weight excluding hydrogens is 410 g/mol. The topological polar surface area (TPSA) is 88.1 Å². The number of anilines is 1. The molecule has 2 aromatic carbocycles. The SMILES string of the molecule is CCOc1ccc(N([C@@H](C)C(=O)N/N=C\c2ccc(SC)cc2)S(C)(=O)=O)cc1. The van der Waals surface area contributed by atoms with Crippen LogP contribution < -0.4 is 14.5 Å². The summed E-state index contributed by atoms with van der Waals surface area (Å²) in [5.41, 5.74) is 3.60. The van der Waals surface area contributed by atoms with Crippen LogP contribution in [0.2, 0.25) is 0 Å². The minimum Gasteiger partial charge on any atom is -0.494 e. The van der Waals surface area contributed by atoms with E-state index in [9.17, 15) is 13.2 Å². The number of amides is 1. The van der Waals surface area contributed by atoms with Crippen LogP contribution in [-0.4, -0.2) is 45.7 Å². The van der Waals surface area contributed by atoms with E-state index in [4.69, 9.17) is 4.74 Å². The summed E-state index contributed by atoms with van der Waals surface area (Å²) < 4.78 is 31.1. The first-order valence-corrected chi connectivity index (χ1v) is 12.0. The van der Waals surface area contributed by atoms with Crippen LogP contribution in [0.25, 0.3) is 0 Å². The summed E-state index contributed by atoms with van der Waals surface area (Å²) in [7, 11) is -3.69. The Morgan fingerprint density at radius 2 is 1.83 bits per heavy atom. The van der Waals surface area contributed by atoms with Crippen LogP contribution in [0, 0.1) is 0 Å².